The number of benzene rings is 1. The lowest BCUT2D eigenvalue weighted by atomic mass is 10.2. The Bertz CT molecular complexity index is 537. The molecule has 0 radical (unpaired) electrons. The Balaban J connectivity index is 2.26. The maximum absolute atomic E-state index is 11.8. The summed E-state index contributed by atoms with van der Waals surface area (Å²) in [5.74, 6) is 0. The highest BCUT2D eigenvalue weighted by atomic mass is 16.2. The van der Waals surface area contributed by atoms with Crippen LogP contribution in [0.3, 0.4) is 0 Å². The number of allylic oxidation sites excluding steroid dienone is 1. The van der Waals surface area contributed by atoms with Gasteiger partial charge in [0, 0.05) is 6.20 Å². The highest BCUT2D eigenvalue weighted by molar-refractivity contribution is 5.19. The van der Waals surface area contributed by atoms with Crippen LogP contribution in [-0.4, -0.2) is 14.3 Å². The molecule has 4 nitrogen and oxygen atoms in total. The summed E-state index contributed by atoms with van der Waals surface area (Å²) in [7, 11) is 0. The molecule has 1 aromatic carbocycles. The van der Waals surface area contributed by atoms with Gasteiger partial charge in [0.15, 0.2) is 0 Å². The molecule has 0 atom stereocenters. The zero-order valence-electron chi connectivity index (χ0n) is 9.08. The van der Waals surface area contributed by atoms with Crippen molar-refractivity contribution < 1.29 is 0 Å². The summed E-state index contributed by atoms with van der Waals surface area (Å²) in [6, 6.07) is 9.79. The minimum Gasteiger partial charge on any atom is -0.257 e. The van der Waals surface area contributed by atoms with Crippen molar-refractivity contribution in [2.45, 2.75) is 13.5 Å². The van der Waals surface area contributed by atoms with Gasteiger partial charge in [-0.05, 0) is 12.5 Å². The van der Waals surface area contributed by atoms with Crippen molar-refractivity contribution >= 4 is 6.20 Å². The summed E-state index contributed by atoms with van der Waals surface area (Å²) in [5, 5.41) is 4.05. The standard InChI is InChI=1S/C12H13N3O/c1-2-8-14-10-13-15(12(14)16)9-11-6-4-3-5-7-11/h2-8,10H,9H2,1H3/b8-2-. The summed E-state index contributed by atoms with van der Waals surface area (Å²) in [4.78, 5) is 11.8. The first-order valence-corrected chi connectivity index (χ1v) is 5.12. The van der Waals surface area contributed by atoms with Gasteiger partial charge in [0.05, 0.1) is 6.54 Å². The minimum absolute atomic E-state index is 0.123. The molecule has 16 heavy (non-hydrogen) atoms. The minimum atomic E-state index is -0.123. The van der Waals surface area contributed by atoms with Crippen LogP contribution >= 0.6 is 0 Å². The van der Waals surface area contributed by atoms with Crippen LogP contribution in [0.15, 0.2) is 47.5 Å². The summed E-state index contributed by atoms with van der Waals surface area (Å²) in [6.07, 6.45) is 5.01. The Morgan fingerprint density at radius 3 is 2.75 bits per heavy atom. The van der Waals surface area contributed by atoms with Crippen LogP contribution < -0.4 is 5.69 Å². The molecule has 0 N–H and O–H groups in total. The Morgan fingerprint density at radius 1 is 1.31 bits per heavy atom. The first kappa shape index (κ1) is 10.4. The number of nitrogens with zero attached hydrogens (tertiary/aromatic N) is 3. The number of hydrogen-bond donors (Lipinski definition) is 0. The monoisotopic (exact) mass is 215 g/mol. The fraction of sp³-hybridized carbons (Fsp3) is 0.167. The molecule has 0 aliphatic carbocycles. The van der Waals surface area contributed by atoms with Gasteiger partial charge in [-0.1, -0.05) is 36.4 Å². The lowest BCUT2D eigenvalue weighted by Gasteiger charge is -1.98. The average molecular weight is 215 g/mol. The van der Waals surface area contributed by atoms with E-state index < -0.39 is 0 Å². The summed E-state index contributed by atoms with van der Waals surface area (Å²) >= 11 is 0. The lowest BCUT2D eigenvalue weighted by Crippen LogP contribution is -2.22. The van der Waals surface area contributed by atoms with E-state index in [2.05, 4.69) is 5.10 Å². The molecule has 0 aliphatic heterocycles. The average Bonchev–Trinajstić information content (AvgIpc) is 2.64. The molecule has 2 aromatic rings. The molecule has 0 saturated carbocycles. The molecule has 0 fully saturated rings. The molecule has 4 heteroatoms. The van der Waals surface area contributed by atoms with Gasteiger partial charge in [0.25, 0.3) is 0 Å². The first-order valence-electron chi connectivity index (χ1n) is 5.12. The van der Waals surface area contributed by atoms with E-state index >= 15 is 0 Å². The maximum Gasteiger partial charge on any atom is 0.350 e. The van der Waals surface area contributed by atoms with E-state index in [1.807, 2.05) is 37.3 Å². The second-order valence-electron chi connectivity index (χ2n) is 3.45. The summed E-state index contributed by atoms with van der Waals surface area (Å²) in [6.45, 7) is 2.37. The van der Waals surface area contributed by atoms with Crippen molar-refractivity contribution in [1.82, 2.24) is 14.3 Å². The van der Waals surface area contributed by atoms with Gasteiger partial charge >= 0.3 is 5.69 Å². The fourth-order valence-corrected chi connectivity index (χ4v) is 1.48. The van der Waals surface area contributed by atoms with E-state index in [0.29, 0.717) is 6.54 Å². The van der Waals surface area contributed by atoms with Gasteiger partial charge in [-0.25, -0.2) is 9.48 Å². The molecule has 0 aliphatic rings. The van der Waals surface area contributed by atoms with Gasteiger partial charge in [0.1, 0.15) is 6.33 Å². The SMILES string of the molecule is C/C=C\n1cnn(Cc2ccccc2)c1=O. The van der Waals surface area contributed by atoms with Gasteiger partial charge in [0.2, 0.25) is 0 Å². The van der Waals surface area contributed by atoms with E-state index in [9.17, 15) is 4.79 Å². The predicted molar refractivity (Wildman–Crippen MR) is 63.0 cm³/mol. The third kappa shape index (κ3) is 2.11. The number of aromatic nitrogens is 3. The predicted octanol–water partition coefficient (Wildman–Crippen LogP) is 1.58. The Hall–Kier alpha value is -2.10. The molecule has 0 spiro atoms. The van der Waals surface area contributed by atoms with E-state index in [4.69, 9.17) is 0 Å². The topological polar surface area (TPSA) is 39.8 Å². The molecule has 1 heterocycles. The summed E-state index contributed by atoms with van der Waals surface area (Å²) in [5.41, 5.74) is 0.942. The van der Waals surface area contributed by atoms with Crippen molar-refractivity contribution in [3.63, 3.8) is 0 Å². The highest BCUT2D eigenvalue weighted by Crippen LogP contribution is 1.99. The fourth-order valence-electron chi connectivity index (χ4n) is 1.48. The van der Waals surface area contributed by atoms with Crippen LogP contribution in [-0.2, 0) is 6.54 Å². The Morgan fingerprint density at radius 2 is 2.06 bits per heavy atom. The van der Waals surface area contributed by atoms with Crippen LogP contribution in [0, 0.1) is 0 Å². The summed E-state index contributed by atoms with van der Waals surface area (Å²) < 4.78 is 2.90. The lowest BCUT2D eigenvalue weighted by molar-refractivity contribution is 0.655. The molecule has 2 rings (SSSR count). The first-order chi connectivity index (χ1) is 7.81. The molecule has 0 saturated heterocycles. The third-order valence-electron chi connectivity index (χ3n) is 2.24. The van der Waals surface area contributed by atoms with Gasteiger partial charge in [-0.2, -0.15) is 5.10 Å². The number of rotatable bonds is 3. The van der Waals surface area contributed by atoms with Crippen molar-refractivity contribution in [2.24, 2.45) is 0 Å². The maximum atomic E-state index is 11.8. The molecular weight excluding hydrogens is 202 g/mol. The molecule has 1 aromatic heterocycles. The Labute approximate surface area is 93.5 Å². The Kier molecular flexibility index (Phi) is 3.00. The molecule has 0 amide bonds. The van der Waals surface area contributed by atoms with Gasteiger partial charge < -0.3 is 0 Å². The van der Waals surface area contributed by atoms with Crippen LogP contribution in [0.4, 0.5) is 0 Å². The zero-order chi connectivity index (χ0) is 11.4. The molecule has 0 unspecified atom stereocenters. The van der Waals surface area contributed by atoms with Crippen LogP contribution in [0.1, 0.15) is 12.5 Å². The van der Waals surface area contributed by atoms with Crippen molar-refractivity contribution in [3.05, 3.63) is 58.8 Å². The number of hydrogen-bond acceptors (Lipinski definition) is 2. The van der Waals surface area contributed by atoms with E-state index in [1.165, 1.54) is 15.6 Å². The second-order valence-corrected chi connectivity index (χ2v) is 3.45. The van der Waals surface area contributed by atoms with E-state index in [-0.39, 0.29) is 5.69 Å². The smallest absolute Gasteiger partial charge is 0.257 e. The van der Waals surface area contributed by atoms with Crippen molar-refractivity contribution in [1.29, 1.82) is 0 Å². The highest BCUT2D eigenvalue weighted by Gasteiger charge is 2.02. The zero-order valence-corrected chi connectivity index (χ0v) is 9.08. The van der Waals surface area contributed by atoms with Gasteiger partial charge in [-0.3, -0.25) is 4.57 Å². The quantitative estimate of drug-likeness (QED) is 0.780. The van der Waals surface area contributed by atoms with Crippen molar-refractivity contribution in [3.8, 4) is 0 Å². The van der Waals surface area contributed by atoms with Crippen molar-refractivity contribution in [2.75, 3.05) is 0 Å². The molecular formula is C12H13N3O. The van der Waals surface area contributed by atoms with Crippen LogP contribution in [0.25, 0.3) is 6.20 Å². The normalized spacial score (nSPS) is 11.1. The van der Waals surface area contributed by atoms with Crippen LogP contribution in [0.2, 0.25) is 0 Å². The van der Waals surface area contributed by atoms with Crippen LogP contribution in [0.5, 0.6) is 0 Å². The molecule has 0 bridgehead atoms. The molecule has 82 valence electrons. The largest absolute Gasteiger partial charge is 0.350 e. The van der Waals surface area contributed by atoms with E-state index in [1.54, 1.807) is 12.3 Å². The second kappa shape index (κ2) is 4.61. The van der Waals surface area contributed by atoms with Gasteiger partial charge in [-0.15, -0.1) is 0 Å². The van der Waals surface area contributed by atoms with E-state index in [0.717, 1.165) is 5.56 Å². The third-order valence-corrected chi connectivity index (χ3v) is 2.24.